The average Bonchev–Trinajstić information content (AvgIpc) is 3.41. The lowest BCUT2D eigenvalue weighted by Crippen LogP contribution is -2.19. The Morgan fingerprint density at radius 1 is 1.16 bits per heavy atom. The Bertz CT molecular complexity index is 1070. The molecule has 1 atom stereocenters. The molecule has 0 aliphatic heterocycles. The van der Waals surface area contributed by atoms with Crippen LogP contribution in [0.5, 0.6) is 0 Å². The van der Waals surface area contributed by atoms with E-state index in [1.807, 2.05) is 35.2 Å². The van der Waals surface area contributed by atoms with E-state index < -0.39 is 0 Å². The van der Waals surface area contributed by atoms with E-state index in [1.165, 1.54) is 12.8 Å². The number of anilines is 1. The van der Waals surface area contributed by atoms with Gasteiger partial charge in [0.25, 0.3) is 0 Å². The summed E-state index contributed by atoms with van der Waals surface area (Å²) in [6.45, 7) is 2.20. The Hall–Kier alpha value is -3.02. The molecule has 4 aromatic rings. The molecule has 25 heavy (non-hydrogen) atoms. The van der Waals surface area contributed by atoms with Crippen LogP contribution in [-0.4, -0.2) is 30.6 Å². The Balaban J connectivity index is 1.52. The van der Waals surface area contributed by atoms with Crippen LogP contribution in [0.3, 0.4) is 0 Å². The molecule has 1 aliphatic rings. The van der Waals surface area contributed by atoms with Gasteiger partial charge in [0.05, 0.1) is 11.7 Å². The first-order chi connectivity index (χ1) is 12.3. The molecule has 0 spiro atoms. The van der Waals surface area contributed by atoms with Gasteiger partial charge in [-0.1, -0.05) is 0 Å². The number of aromatic nitrogens is 5. The zero-order valence-electron chi connectivity index (χ0n) is 13.9. The highest BCUT2D eigenvalue weighted by Crippen LogP contribution is 2.33. The fraction of sp³-hybridized carbons (Fsp3) is 0.263. The highest BCUT2D eigenvalue weighted by Gasteiger charge is 2.28. The van der Waals surface area contributed by atoms with Crippen LogP contribution in [0.25, 0.3) is 27.7 Å². The lowest BCUT2D eigenvalue weighted by Gasteiger charge is -2.12. The van der Waals surface area contributed by atoms with Gasteiger partial charge in [-0.2, -0.15) is 0 Å². The largest absolute Gasteiger partial charge is 0.350 e. The average molecular weight is 330 g/mol. The molecule has 1 N–H and O–H groups in total. The van der Waals surface area contributed by atoms with Gasteiger partial charge in [-0.25, -0.2) is 19.5 Å². The van der Waals surface area contributed by atoms with Gasteiger partial charge >= 0.3 is 0 Å². The number of rotatable bonds is 4. The first kappa shape index (κ1) is 14.3. The molecule has 5 rings (SSSR count). The molecule has 0 aromatic carbocycles. The summed E-state index contributed by atoms with van der Waals surface area (Å²) < 4.78 is 1.87. The summed E-state index contributed by atoms with van der Waals surface area (Å²) in [5, 5.41) is 9.03. The van der Waals surface area contributed by atoms with Crippen LogP contribution in [0.1, 0.15) is 19.8 Å². The van der Waals surface area contributed by atoms with Crippen molar-refractivity contribution in [2.45, 2.75) is 25.8 Å². The lowest BCUT2D eigenvalue weighted by molar-refractivity contribution is 0.681. The van der Waals surface area contributed by atoms with E-state index in [0.717, 1.165) is 33.6 Å². The van der Waals surface area contributed by atoms with E-state index in [2.05, 4.69) is 44.4 Å². The van der Waals surface area contributed by atoms with Crippen LogP contribution in [0, 0.1) is 5.92 Å². The van der Waals surface area contributed by atoms with Crippen molar-refractivity contribution in [1.82, 2.24) is 24.6 Å². The minimum absolute atomic E-state index is 0.421. The summed E-state index contributed by atoms with van der Waals surface area (Å²) in [6, 6.07) is 8.52. The maximum absolute atomic E-state index is 4.60. The zero-order chi connectivity index (χ0) is 16.8. The summed E-state index contributed by atoms with van der Waals surface area (Å²) in [4.78, 5) is 13.2. The highest BCUT2D eigenvalue weighted by atomic mass is 15.3. The third-order valence-corrected chi connectivity index (χ3v) is 4.87. The quantitative estimate of drug-likeness (QED) is 0.620. The summed E-state index contributed by atoms with van der Waals surface area (Å²) in [7, 11) is 0. The maximum atomic E-state index is 4.60. The smallest absolute Gasteiger partial charge is 0.241 e. The monoisotopic (exact) mass is 330 g/mol. The Morgan fingerprint density at radius 2 is 2.08 bits per heavy atom. The summed E-state index contributed by atoms with van der Waals surface area (Å²) >= 11 is 0. The van der Waals surface area contributed by atoms with E-state index in [1.54, 1.807) is 6.20 Å². The second-order valence-corrected chi connectivity index (χ2v) is 6.69. The molecule has 1 fully saturated rings. The van der Waals surface area contributed by atoms with Crippen LogP contribution in [0.4, 0.5) is 5.95 Å². The van der Waals surface area contributed by atoms with Crippen LogP contribution in [0.2, 0.25) is 0 Å². The third kappa shape index (κ3) is 2.59. The fourth-order valence-electron chi connectivity index (χ4n) is 3.24. The first-order valence-electron chi connectivity index (χ1n) is 8.60. The van der Waals surface area contributed by atoms with Gasteiger partial charge in [0.15, 0.2) is 5.65 Å². The molecule has 1 unspecified atom stereocenters. The van der Waals surface area contributed by atoms with Gasteiger partial charge in [-0.05, 0) is 49.9 Å². The molecule has 4 heterocycles. The molecule has 4 aromatic heterocycles. The first-order valence-corrected chi connectivity index (χ1v) is 8.60. The summed E-state index contributed by atoms with van der Waals surface area (Å²) in [5.41, 5.74) is 3.83. The van der Waals surface area contributed by atoms with E-state index in [0.29, 0.717) is 12.0 Å². The predicted molar refractivity (Wildman–Crippen MR) is 97.3 cm³/mol. The van der Waals surface area contributed by atoms with Crippen molar-refractivity contribution in [3.8, 4) is 11.1 Å². The van der Waals surface area contributed by atoms with Gasteiger partial charge in [-0.3, -0.25) is 0 Å². The number of pyridine rings is 2. The summed E-state index contributed by atoms with van der Waals surface area (Å²) in [6.07, 6.45) is 10.0. The minimum atomic E-state index is 0.421. The van der Waals surface area contributed by atoms with Crippen molar-refractivity contribution in [2.75, 3.05) is 5.32 Å². The fourth-order valence-corrected chi connectivity index (χ4v) is 3.24. The van der Waals surface area contributed by atoms with E-state index in [4.69, 9.17) is 0 Å². The number of fused-ring (bicyclic) bond motifs is 2. The van der Waals surface area contributed by atoms with Crippen LogP contribution in [-0.2, 0) is 0 Å². The normalized spacial score (nSPS) is 15.6. The van der Waals surface area contributed by atoms with Gasteiger partial charge < -0.3 is 5.32 Å². The van der Waals surface area contributed by atoms with Crippen molar-refractivity contribution >= 4 is 22.5 Å². The van der Waals surface area contributed by atoms with Gasteiger partial charge in [0, 0.05) is 41.1 Å². The van der Waals surface area contributed by atoms with Crippen LogP contribution >= 0.6 is 0 Å². The molecule has 6 heteroatoms. The molecule has 0 saturated heterocycles. The van der Waals surface area contributed by atoms with E-state index >= 15 is 0 Å². The summed E-state index contributed by atoms with van der Waals surface area (Å²) in [5.74, 6) is 1.44. The maximum Gasteiger partial charge on any atom is 0.241 e. The molecular weight excluding hydrogens is 312 g/mol. The van der Waals surface area contributed by atoms with Crippen molar-refractivity contribution in [2.24, 2.45) is 5.92 Å². The van der Waals surface area contributed by atoms with Crippen LogP contribution < -0.4 is 5.32 Å². The molecule has 1 saturated carbocycles. The van der Waals surface area contributed by atoms with Crippen molar-refractivity contribution in [3.05, 3.63) is 49.1 Å². The molecule has 0 amide bonds. The van der Waals surface area contributed by atoms with E-state index in [9.17, 15) is 0 Å². The van der Waals surface area contributed by atoms with Gasteiger partial charge in [-0.15, -0.1) is 5.10 Å². The molecule has 0 bridgehead atoms. The Kier molecular flexibility index (Phi) is 3.16. The van der Waals surface area contributed by atoms with Crippen molar-refractivity contribution in [3.63, 3.8) is 0 Å². The van der Waals surface area contributed by atoms with Crippen molar-refractivity contribution in [1.29, 1.82) is 0 Å². The highest BCUT2D eigenvalue weighted by molar-refractivity contribution is 5.86. The SMILES string of the molecule is CC(Nc1ncc2c(-c3cnc4ncccc4c3)ccn2n1)C1CC1. The predicted octanol–water partition coefficient (Wildman–Crippen LogP) is 3.55. The topological polar surface area (TPSA) is 68.0 Å². The molecule has 1 aliphatic carbocycles. The second kappa shape index (κ2) is 5.51. The van der Waals surface area contributed by atoms with Gasteiger partial charge in [0.2, 0.25) is 5.95 Å². The number of nitrogens with zero attached hydrogens (tertiary/aromatic N) is 5. The third-order valence-electron chi connectivity index (χ3n) is 4.87. The Morgan fingerprint density at radius 3 is 2.96 bits per heavy atom. The molecular formula is C19H18N6. The zero-order valence-corrected chi connectivity index (χ0v) is 13.9. The lowest BCUT2D eigenvalue weighted by atomic mass is 10.1. The van der Waals surface area contributed by atoms with Crippen LogP contribution in [0.15, 0.2) is 49.1 Å². The molecule has 124 valence electrons. The Labute approximate surface area is 145 Å². The van der Waals surface area contributed by atoms with Crippen molar-refractivity contribution < 1.29 is 0 Å². The second-order valence-electron chi connectivity index (χ2n) is 6.69. The molecule has 6 nitrogen and oxygen atoms in total. The number of hydrogen-bond acceptors (Lipinski definition) is 5. The minimum Gasteiger partial charge on any atom is -0.350 e. The van der Waals surface area contributed by atoms with Gasteiger partial charge in [0.1, 0.15) is 0 Å². The molecule has 0 radical (unpaired) electrons. The number of nitrogens with one attached hydrogen (secondary N) is 1. The number of hydrogen-bond donors (Lipinski definition) is 1. The van der Waals surface area contributed by atoms with E-state index in [-0.39, 0.29) is 0 Å². The standard InChI is InChI=1S/C19H18N6/c1-12(13-4-5-13)23-19-22-11-17-16(6-8-25(17)24-19)15-9-14-3-2-7-20-18(14)21-10-15/h2-3,6-13H,4-5H2,1H3,(H,23,24).